The molecule has 0 N–H and O–H groups in total. The van der Waals surface area contributed by atoms with E-state index < -0.39 is 0 Å². The Morgan fingerprint density at radius 1 is 1.28 bits per heavy atom. The van der Waals surface area contributed by atoms with Gasteiger partial charge >= 0.3 is 5.97 Å². The summed E-state index contributed by atoms with van der Waals surface area (Å²) >= 11 is 0. The molecule has 0 aliphatic carbocycles. The fourth-order valence-electron chi connectivity index (χ4n) is 1.69. The van der Waals surface area contributed by atoms with E-state index in [-0.39, 0.29) is 5.97 Å². The van der Waals surface area contributed by atoms with E-state index in [1.165, 1.54) is 0 Å². The maximum absolute atomic E-state index is 11.4. The molecule has 0 atom stereocenters. The van der Waals surface area contributed by atoms with Gasteiger partial charge in [0.25, 0.3) is 0 Å². The zero-order valence-electron chi connectivity index (χ0n) is 11.5. The van der Waals surface area contributed by atoms with E-state index >= 15 is 0 Å². The van der Waals surface area contributed by atoms with Crippen LogP contribution in [0.15, 0.2) is 18.2 Å². The van der Waals surface area contributed by atoms with Crippen LogP contribution in [0.3, 0.4) is 0 Å². The van der Waals surface area contributed by atoms with Gasteiger partial charge < -0.3 is 9.47 Å². The minimum atomic E-state index is -0.184. The summed E-state index contributed by atoms with van der Waals surface area (Å²) in [6.45, 7) is 7.12. The van der Waals surface area contributed by atoms with Gasteiger partial charge in [0.1, 0.15) is 5.75 Å². The van der Waals surface area contributed by atoms with Crippen LogP contribution in [-0.4, -0.2) is 19.2 Å². The molecule has 0 amide bonds. The Labute approximate surface area is 109 Å². The van der Waals surface area contributed by atoms with Crippen molar-refractivity contribution >= 4 is 5.97 Å². The molecule has 0 saturated heterocycles. The quantitative estimate of drug-likeness (QED) is 0.550. The first-order valence-electron chi connectivity index (χ1n) is 6.55. The molecular weight excluding hydrogens is 228 g/mol. The van der Waals surface area contributed by atoms with Crippen LogP contribution in [0.4, 0.5) is 0 Å². The number of carbonyl (C=O) groups excluding carboxylic acids is 1. The number of carbonyl (C=O) groups is 1. The van der Waals surface area contributed by atoms with Gasteiger partial charge in [-0.3, -0.25) is 4.79 Å². The number of hydrogen-bond acceptors (Lipinski definition) is 3. The first-order valence-corrected chi connectivity index (χ1v) is 6.55. The summed E-state index contributed by atoms with van der Waals surface area (Å²) < 4.78 is 10.6. The zero-order valence-corrected chi connectivity index (χ0v) is 11.5. The zero-order chi connectivity index (χ0) is 13.4. The standard InChI is InChI=1S/C15H22O3/c1-4-6-9-18-14-8-7-13(10-12(14)3)11-15(16)17-5-2/h7-8,10H,4-6,9,11H2,1-3H3. The van der Waals surface area contributed by atoms with E-state index in [1.54, 1.807) is 0 Å². The lowest BCUT2D eigenvalue weighted by Gasteiger charge is -2.10. The van der Waals surface area contributed by atoms with Crippen LogP contribution in [0.1, 0.15) is 37.8 Å². The summed E-state index contributed by atoms with van der Waals surface area (Å²) in [6.07, 6.45) is 2.51. The van der Waals surface area contributed by atoms with E-state index in [2.05, 4.69) is 6.92 Å². The summed E-state index contributed by atoms with van der Waals surface area (Å²) in [5.41, 5.74) is 2.03. The summed E-state index contributed by atoms with van der Waals surface area (Å²) in [5, 5.41) is 0. The minimum absolute atomic E-state index is 0.184. The van der Waals surface area contributed by atoms with Crippen LogP contribution >= 0.6 is 0 Å². The second kappa shape index (κ2) is 7.75. The second-order valence-electron chi connectivity index (χ2n) is 4.28. The number of benzene rings is 1. The maximum Gasteiger partial charge on any atom is 0.310 e. The van der Waals surface area contributed by atoms with Gasteiger partial charge in [0, 0.05) is 0 Å². The van der Waals surface area contributed by atoms with Crippen molar-refractivity contribution in [2.24, 2.45) is 0 Å². The van der Waals surface area contributed by atoms with Crippen LogP contribution in [0.25, 0.3) is 0 Å². The van der Waals surface area contributed by atoms with Crippen molar-refractivity contribution in [3.63, 3.8) is 0 Å². The Morgan fingerprint density at radius 3 is 2.67 bits per heavy atom. The molecule has 0 aliphatic rings. The van der Waals surface area contributed by atoms with Crippen molar-refractivity contribution in [1.82, 2.24) is 0 Å². The number of hydrogen-bond donors (Lipinski definition) is 0. The Morgan fingerprint density at radius 2 is 2.06 bits per heavy atom. The molecule has 0 heterocycles. The van der Waals surface area contributed by atoms with Gasteiger partial charge in [-0.2, -0.15) is 0 Å². The van der Waals surface area contributed by atoms with Crippen molar-refractivity contribution in [1.29, 1.82) is 0 Å². The Hall–Kier alpha value is -1.51. The lowest BCUT2D eigenvalue weighted by atomic mass is 10.1. The third-order valence-corrected chi connectivity index (χ3v) is 2.65. The van der Waals surface area contributed by atoms with Gasteiger partial charge in [0.15, 0.2) is 0 Å². The van der Waals surface area contributed by atoms with E-state index in [4.69, 9.17) is 9.47 Å². The Bertz CT molecular complexity index is 385. The van der Waals surface area contributed by atoms with E-state index in [0.717, 1.165) is 36.3 Å². The van der Waals surface area contributed by atoms with Gasteiger partial charge in [-0.25, -0.2) is 0 Å². The number of unbranched alkanes of at least 4 members (excludes halogenated alkanes) is 1. The van der Waals surface area contributed by atoms with Crippen LogP contribution in [0.5, 0.6) is 5.75 Å². The van der Waals surface area contributed by atoms with Gasteiger partial charge in [0.05, 0.1) is 19.6 Å². The SMILES string of the molecule is CCCCOc1ccc(CC(=O)OCC)cc1C. The fourth-order valence-corrected chi connectivity index (χ4v) is 1.69. The second-order valence-corrected chi connectivity index (χ2v) is 4.28. The van der Waals surface area contributed by atoms with Crippen molar-refractivity contribution in [3.8, 4) is 5.75 Å². The molecule has 3 nitrogen and oxygen atoms in total. The number of ether oxygens (including phenoxy) is 2. The highest BCUT2D eigenvalue weighted by Gasteiger charge is 2.06. The predicted molar refractivity (Wildman–Crippen MR) is 71.9 cm³/mol. The number of aryl methyl sites for hydroxylation is 1. The predicted octanol–water partition coefficient (Wildman–Crippen LogP) is 3.28. The largest absolute Gasteiger partial charge is 0.493 e. The third kappa shape index (κ3) is 4.78. The van der Waals surface area contributed by atoms with Crippen LogP contribution in [0, 0.1) is 6.92 Å². The highest BCUT2D eigenvalue weighted by Crippen LogP contribution is 2.20. The Kier molecular flexibility index (Phi) is 6.26. The number of rotatable bonds is 7. The van der Waals surface area contributed by atoms with E-state index in [9.17, 15) is 4.79 Å². The normalized spacial score (nSPS) is 10.2. The maximum atomic E-state index is 11.4. The molecule has 0 aliphatic heterocycles. The minimum Gasteiger partial charge on any atom is -0.493 e. The van der Waals surface area contributed by atoms with Gasteiger partial charge in [0.2, 0.25) is 0 Å². The summed E-state index contributed by atoms with van der Waals surface area (Å²) in [4.78, 5) is 11.4. The molecule has 0 fully saturated rings. The van der Waals surface area contributed by atoms with Crippen molar-refractivity contribution in [2.75, 3.05) is 13.2 Å². The first-order chi connectivity index (χ1) is 8.67. The van der Waals surface area contributed by atoms with Crippen molar-refractivity contribution in [2.45, 2.75) is 40.0 Å². The highest BCUT2D eigenvalue weighted by molar-refractivity contribution is 5.72. The molecule has 1 aromatic rings. The lowest BCUT2D eigenvalue weighted by Crippen LogP contribution is -2.07. The molecule has 18 heavy (non-hydrogen) atoms. The molecule has 3 heteroatoms. The van der Waals surface area contributed by atoms with Crippen LogP contribution in [0.2, 0.25) is 0 Å². The van der Waals surface area contributed by atoms with Gasteiger partial charge in [-0.1, -0.05) is 25.5 Å². The topological polar surface area (TPSA) is 35.5 Å². The lowest BCUT2D eigenvalue weighted by molar-refractivity contribution is -0.142. The molecule has 0 bridgehead atoms. The van der Waals surface area contributed by atoms with Gasteiger partial charge in [-0.05, 0) is 37.5 Å². The van der Waals surface area contributed by atoms with Crippen LogP contribution < -0.4 is 4.74 Å². The average molecular weight is 250 g/mol. The summed E-state index contributed by atoms with van der Waals surface area (Å²) in [5.74, 6) is 0.715. The van der Waals surface area contributed by atoms with Crippen molar-refractivity contribution in [3.05, 3.63) is 29.3 Å². The Balaban J connectivity index is 2.58. The smallest absolute Gasteiger partial charge is 0.310 e. The molecule has 0 saturated carbocycles. The molecule has 0 spiro atoms. The molecule has 100 valence electrons. The first kappa shape index (κ1) is 14.6. The highest BCUT2D eigenvalue weighted by atomic mass is 16.5. The molecule has 0 radical (unpaired) electrons. The van der Waals surface area contributed by atoms with Crippen molar-refractivity contribution < 1.29 is 14.3 Å². The fraction of sp³-hybridized carbons (Fsp3) is 0.533. The molecule has 1 aromatic carbocycles. The number of esters is 1. The molecule has 1 rings (SSSR count). The third-order valence-electron chi connectivity index (χ3n) is 2.65. The summed E-state index contributed by atoms with van der Waals surface area (Å²) in [7, 11) is 0. The van der Waals surface area contributed by atoms with Gasteiger partial charge in [-0.15, -0.1) is 0 Å². The summed E-state index contributed by atoms with van der Waals surface area (Å²) in [6, 6.07) is 5.84. The average Bonchev–Trinajstić information content (AvgIpc) is 2.32. The van der Waals surface area contributed by atoms with E-state index in [1.807, 2.05) is 32.0 Å². The molecular formula is C15H22O3. The molecule has 0 aromatic heterocycles. The van der Waals surface area contributed by atoms with E-state index in [0.29, 0.717) is 13.0 Å². The monoisotopic (exact) mass is 250 g/mol. The van der Waals surface area contributed by atoms with Crippen LogP contribution in [-0.2, 0) is 16.0 Å². The molecule has 0 unspecified atom stereocenters.